The predicted octanol–water partition coefficient (Wildman–Crippen LogP) is 0.540. The number of hydrogen-bond donors (Lipinski definition) is 2. The Kier molecular flexibility index (Phi) is 4.01. The molecule has 20 heavy (non-hydrogen) atoms. The van der Waals surface area contributed by atoms with Crippen LogP contribution in [0.25, 0.3) is 0 Å². The first-order chi connectivity index (χ1) is 9.26. The fourth-order valence-corrected chi connectivity index (χ4v) is 2.84. The fourth-order valence-electron chi connectivity index (χ4n) is 2.27. The molecule has 3 N–H and O–H groups in total. The topological polar surface area (TPSA) is 92.5 Å². The van der Waals surface area contributed by atoms with E-state index in [1.165, 1.54) is 0 Å². The summed E-state index contributed by atoms with van der Waals surface area (Å²) in [5, 5.41) is 0. The van der Waals surface area contributed by atoms with Gasteiger partial charge in [-0.05, 0) is 25.5 Å². The third kappa shape index (κ3) is 3.49. The second-order valence-electron chi connectivity index (χ2n) is 5.22. The van der Waals surface area contributed by atoms with Crippen LogP contribution in [0.2, 0.25) is 0 Å². The molecule has 7 heteroatoms. The highest BCUT2D eigenvalue weighted by molar-refractivity contribution is 7.92. The molecule has 0 saturated carbocycles. The van der Waals surface area contributed by atoms with Crippen LogP contribution in [-0.2, 0) is 10.0 Å². The van der Waals surface area contributed by atoms with Crippen LogP contribution in [0.4, 0.5) is 5.69 Å². The van der Waals surface area contributed by atoms with Crippen LogP contribution in [0.1, 0.15) is 22.3 Å². The van der Waals surface area contributed by atoms with Gasteiger partial charge in [-0.25, -0.2) is 8.42 Å². The number of nitrogens with one attached hydrogen (secondary N) is 1. The lowest BCUT2D eigenvalue weighted by molar-refractivity contribution is 0.0792. The van der Waals surface area contributed by atoms with Gasteiger partial charge in [0, 0.05) is 19.1 Å². The molecule has 1 saturated heterocycles. The SMILES string of the molecule is Cc1ccc(NS(C)(=O)=O)c(C(=O)N2CC[C@@H](N)C2)c1. The van der Waals surface area contributed by atoms with E-state index >= 15 is 0 Å². The van der Waals surface area contributed by atoms with Crippen molar-refractivity contribution in [2.24, 2.45) is 5.73 Å². The number of sulfonamides is 1. The maximum absolute atomic E-state index is 12.5. The van der Waals surface area contributed by atoms with Crippen molar-refractivity contribution in [1.82, 2.24) is 4.90 Å². The number of amides is 1. The van der Waals surface area contributed by atoms with Gasteiger partial charge < -0.3 is 10.6 Å². The Morgan fingerprint density at radius 1 is 1.45 bits per heavy atom. The summed E-state index contributed by atoms with van der Waals surface area (Å²) in [4.78, 5) is 14.1. The number of rotatable bonds is 3. The van der Waals surface area contributed by atoms with Crippen LogP contribution in [0.3, 0.4) is 0 Å². The summed E-state index contributed by atoms with van der Waals surface area (Å²) in [5.41, 5.74) is 7.38. The number of nitrogens with zero attached hydrogens (tertiary/aromatic N) is 1. The Morgan fingerprint density at radius 2 is 2.15 bits per heavy atom. The maximum Gasteiger partial charge on any atom is 0.256 e. The lowest BCUT2D eigenvalue weighted by Crippen LogP contribution is -2.32. The number of anilines is 1. The summed E-state index contributed by atoms with van der Waals surface area (Å²) in [6.45, 7) is 2.97. The standard InChI is InChI=1S/C13H19N3O3S/c1-9-3-4-12(15-20(2,18)19)11(7-9)13(17)16-6-5-10(14)8-16/h3-4,7,10,15H,5-6,8,14H2,1-2H3/t10-/m1/s1. The van der Waals surface area contributed by atoms with Crippen LogP contribution < -0.4 is 10.5 Å². The van der Waals surface area contributed by atoms with E-state index in [0.29, 0.717) is 24.3 Å². The van der Waals surface area contributed by atoms with Crippen molar-refractivity contribution in [3.05, 3.63) is 29.3 Å². The first-order valence-corrected chi connectivity index (χ1v) is 8.29. The first-order valence-electron chi connectivity index (χ1n) is 6.39. The largest absolute Gasteiger partial charge is 0.337 e. The predicted molar refractivity (Wildman–Crippen MR) is 78.1 cm³/mol. The summed E-state index contributed by atoms with van der Waals surface area (Å²) < 4.78 is 25.1. The second kappa shape index (κ2) is 5.41. The average molecular weight is 297 g/mol. The van der Waals surface area contributed by atoms with Crippen LogP contribution in [-0.4, -0.2) is 44.6 Å². The van der Waals surface area contributed by atoms with Crippen molar-refractivity contribution in [3.8, 4) is 0 Å². The van der Waals surface area contributed by atoms with E-state index in [1.807, 2.05) is 6.92 Å². The molecule has 1 aliphatic rings. The number of benzene rings is 1. The van der Waals surface area contributed by atoms with Gasteiger partial charge in [-0.3, -0.25) is 9.52 Å². The van der Waals surface area contributed by atoms with Crippen molar-refractivity contribution in [1.29, 1.82) is 0 Å². The molecule has 0 aromatic heterocycles. The monoisotopic (exact) mass is 297 g/mol. The Morgan fingerprint density at radius 3 is 2.70 bits per heavy atom. The van der Waals surface area contributed by atoms with Crippen molar-refractivity contribution in [2.75, 3.05) is 24.1 Å². The molecule has 1 atom stereocenters. The molecule has 0 aliphatic carbocycles. The van der Waals surface area contributed by atoms with Gasteiger partial charge >= 0.3 is 0 Å². The summed E-state index contributed by atoms with van der Waals surface area (Å²) in [6, 6.07) is 5.06. The van der Waals surface area contributed by atoms with E-state index in [2.05, 4.69) is 4.72 Å². The van der Waals surface area contributed by atoms with E-state index in [4.69, 9.17) is 5.73 Å². The highest BCUT2D eigenvalue weighted by atomic mass is 32.2. The Bertz CT molecular complexity index is 628. The third-order valence-corrected chi connectivity index (χ3v) is 3.80. The number of likely N-dealkylation sites (tertiary alicyclic amines) is 1. The van der Waals surface area contributed by atoms with Crippen LogP contribution in [0.15, 0.2) is 18.2 Å². The Labute approximate surface area is 119 Å². The zero-order valence-corrected chi connectivity index (χ0v) is 12.4. The van der Waals surface area contributed by atoms with Crippen LogP contribution in [0.5, 0.6) is 0 Å². The molecule has 110 valence electrons. The summed E-state index contributed by atoms with van der Waals surface area (Å²) in [5.74, 6) is -0.187. The van der Waals surface area contributed by atoms with Crippen molar-refractivity contribution in [3.63, 3.8) is 0 Å². The molecule has 1 fully saturated rings. The molecule has 0 radical (unpaired) electrons. The summed E-state index contributed by atoms with van der Waals surface area (Å²) in [6.07, 6.45) is 1.83. The van der Waals surface area contributed by atoms with Gasteiger partial charge in [-0.15, -0.1) is 0 Å². The number of hydrogen-bond acceptors (Lipinski definition) is 4. The maximum atomic E-state index is 12.5. The number of aryl methyl sites for hydroxylation is 1. The van der Waals surface area contributed by atoms with Gasteiger partial charge in [0.15, 0.2) is 0 Å². The van der Waals surface area contributed by atoms with Gasteiger partial charge in [0.1, 0.15) is 0 Å². The third-order valence-electron chi connectivity index (χ3n) is 3.21. The van der Waals surface area contributed by atoms with Crippen LogP contribution in [0, 0.1) is 6.92 Å². The van der Waals surface area contributed by atoms with Gasteiger partial charge in [-0.2, -0.15) is 0 Å². The zero-order valence-electron chi connectivity index (χ0n) is 11.6. The molecule has 1 aromatic carbocycles. The smallest absolute Gasteiger partial charge is 0.256 e. The molecule has 0 bridgehead atoms. The lowest BCUT2D eigenvalue weighted by atomic mass is 10.1. The molecule has 2 rings (SSSR count). The molecular weight excluding hydrogens is 278 g/mol. The summed E-state index contributed by atoms with van der Waals surface area (Å²) in [7, 11) is -3.43. The Balaban J connectivity index is 2.34. The van der Waals surface area contributed by atoms with E-state index in [-0.39, 0.29) is 11.9 Å². The summed E-state index contributed by atoms with van der Waals surface area (Å²) >= 11 is 0. The average Bonchev–Trinajstić information content (AvgIpc) is 2.76. The molecule has 1 heterocycles. The molecule has 1 amide bonds. The minimum atomic E-state index is -3.43. The highest BCUT2D eigenvalue weighted by Crippen LogP contribution is 2.22. The van der Waals surface area contributed by atoms with Gasteiger partial charge in [0.2, 0.25) is 10.0 Å². The molecule has 0 unspecified atom stereocenters. The second-order valence-corrected chi connectivity index (χ2v) is 6.97. The van der Waals surface area contributed by atoms with E-state index in [1.54, 1.807) is 23.1 Å². The fraction of sp³-hybridized carbons (Fsp3) is 0.462. The van der Waals surface area contributed by atoms with E-state index in [9.17, 15) is 13.2 Å². The molecule has 1 aromatic rings. The van der Waals surface area contributed by atoms with Gasteiger partial charge in [-0.1, -0.05) is 11.6 Å². The normalized spacial score (nSPS) is 19.1. The quantitative estimate of drug-likeness (QED) is 0.851. The minimum Gasteiger partial charge on any atom is -0.337 e. The van der Waals surface area contributed by atoms with Gasteiger partial charge in [0.05, 0.1) is 17.5 Å². The number of carbonyl (C=O) groups excluding carboxylic acids is 1. The number of carbonyl (C=O) groups is 1. The van der Waals surface area contributed by atoms with Crippen molar-refractivity contribution < 1.29 is 13.2 Å². The molecule has 6 nitrogen and oxygen atoms in total. The van der Waals surface area contributed by atoms with Crippen molar-refractivity contribution in [2.45, 2.75) is 19.4 Å². The molecule has 0 spiro atoms. The lowest BCUT2D eigenvalue weighted by Gasteiger charge is -2.18. The molecule has 1 aliphatic heterocycles. The van der Waals surface area contributed by atoms with Crippen LogP contribution >= 0.6 is 0 Å². The van der Waals surface area contributed by atoms with E-state index < -0.39 is 10.0 Å². The van der Waals surface area contributed by atoms with Gasteiger partial charge in [0.25, 0.3) is 5.91 Å². The number of nitrogens with two attached hydrogens (primary N) is 1. The Hall–Kier alpha value is -1.60. The minimum absolute atomic E-state index is 0.00456. The van der Waals surface area contributed by atoms with Crippen molar-refractivity contribution >= 4 is 21.6 Å². The molecular formula is C13H19N3O3S. The highest BCUT2D eigenvalue weighted by Gasteiger charge is 2.26. The first kappa shape index (κ1) is 14.8. The van der Waals surface area contributed by atoms with E-state index in [0.717, 1.165) is 18.2 Å². The zero-order chi connectivity index (χ0) is 14.9.